The number of hydrogen-bond donors (Lipinski definition) is 3. The molecule has 1 aromatic heterocycles. The summed E-state index contributed by atoms with van der Waals surface area (Å²) in [5, 5.41) is 15.8. The van der Waals surface area contributed by atoms with Crippen molar-refractivity contribution in [2.45, 2.75) is 75.2 Å². The first-order valence-electron chi connectivity index (χ1n) is 12.3. The first kappa shape index (κ1) is 27.5. The predicted octanol–water partition coefficient (Wildman–Crippen LogP) is 2.83. The third-order valence-corrected chi connectivity index (χ3v) is 9.40. The van der Waals surface area contributed by atoms with Crippen molar-refractivity contribution in [2.24, 2.45) is 0 Å². The molecule has 37 heavy (non-hydrogen) atoms. The average Bonchev–Trinajstić information content (AvgIpc) is 3.29. The normalized spacial score (nSPS) is 21.4. The van der Waals surface area contributed by atoms with E-state index in [1.165, 1.54) is 16.7 Å². The Morgan fingerprint density at radius 3 is 2.54 bits per heavy atom. The molecule has 1 aliphatic carbocycles. The van der Waals surface area contributed by atoms with Gasteiger partial charge in [-0.15, -0.1) is 11.3 Å². The van der Waals surface area contributed by atoms with Crippen LogP contribution in [0.25, 0.3) is 10.4 Å². The van der Waals surface area contributed by atoms with E-state index in [4.69, 9.17) is 0 Å². The number of thioether (sulfide) groups is 1. The molecule has 2 fully saturated rings. The first-order chi connectivity index (χ1) is 17.4. The van der Waals surface area contributed by atoms with Crippen LogP contribution in [0.2, 0.25) is 0 Å². The lowest BCUT2D eigenvalue weighted by atomic mass is 10.00. The number of alkyl halides is 1. The van der Waals surface area contributed by atoms with Crippen LogP contribution >= 0.6 is 23.1 Å². The summed E-state index contributed by atoms with van der Waals surface area (Å²) in [5.74, 6) is -1.69. The van der Waals surface area contributed by atoms with E-state index in [1.807, 2.05) is 31.2 Å². The molecule has 0 radical (unpaired) electrons. The molecule has 1 aromatic carbocycles. The summed E-state index contributed by atoms with van der Waals surface area (Å²) in [5.41, 5.74) is 2.79. The number of rotatable bonds is 9. The van der Waals surface area contributed by atoms with Gasteiger partial charge in [0, 0.05) is 24.3 Å². The summed E-state index contributed by atoms with van der Waals surface area (Å²) >= 11 is 2.93. The van der Waals surface area contributed by atoms with Gasteiger partial charge in [-0.2, -0.15) is 11.8 Å². The molecule has 0 spiro atoms. The van der Waals surface area contributed by atoms with Gasteiger partial charge in [-0.05, 0) is 51.0 Å². The van der Waals surface area contributed by atoms with Crippen molar-refractivity contribution in [1.29, 1.82) is 0 Å². The zero-order valence-electron chi connectivity index (χ0n) is 21.4. The maximum atomic E-state index is 14.4. The minimum Gasteiger partial charge on any atom is -0.391 e. The van der Waals surface area contributed by atoms with E-state index in [0.717, 1.165) is 21.7 Å². The number of halogens is 1. The van der Waals surface area contributed by atoms with E-state index < -0.39 is 40.4 Å². The van der Waals surface area contributed by atoms with Crippen LogP contribution in [0.5, 0.6) is 0 Å². The number of nitrogens with one attached hydrogen (secondary N) is 2. The van der Waals surface area contributed by atoms with Crippen molar-refractivity contribution in [2.75, 3.05) is 12.8 Å². The fourth-order valence-electron chi connectivity index (χ4n) is 4.38. The zero-order chi connectivity index (χ0) is 27.0. The van der Waals surface area contributed by atoms with E-state index in [-0.39, 0.29) is 38.3 Å². The van der Waals surface area contributed by atoms with Crippen LogP contribution in [-0.2, 0) is 20.9 Å². The van der Waals surface area contributed by atoms with Gasteiger partial charge in [0.2, 0.25) is 11.8 Å². The van der Waals surface area contributed by atoms with Gasteiger partial charge in [0.1, 0.15) is 12.1 Å². The van der Waals surface area contributed by atoms with Gasteiger partial charge in [-0.1, -0.05) is 24.3 Å². The Labute approximate surface area is 224 Å². The molecule has 3 amide bonds. The zero-order valence-corrected chi connectivity index (χ0v) is 23.0. The Kier molecular flexibility index (Phi) is 7.96. The second kappa shape index (κ2) is 10.7. The van der Waals surface area contributed by atoms with Gasteiger partial charge in [-0.3, -0.25) is 14.4 Å². The number of benzene rings is 1. The highest BCUT2D eigenvalue weighted by molar-refractivity contribution is 8.00. The molecule has 0 bridgehead atoms. The molecule has 2 aromatic rings. The fraction of sp³-hybridized carbons (Fsp3) is 0.538. The second-order valence-corrected chi connectivity index (χ2v) is 12.6. The van der Waals surface area contributed by atoms with Crippen LogP contribution in [0.3, 0.4) is 0 Å². The Morgan fingerprint density at radius 2 is 1.97 bits per heavy atom. The first-order valence-corrected chi connectivity index (χ1v) is 14.4. The molecule has 2 heterocycles. The van der Waals surface area contributed by atoms with Gasteiger partial charge >= 0.3 is 0 Å². The van der Waals surface area contributed by atoms with Crippen LogP contribution < -0.4 is 10.6 Å². The van der Waals surface area contributed by atoms with Crippen LogP contribution in [0, 0.1) is 6.92 Å². The fourth-order valence-corrected chi connectivity index (χ4v) is 5.59. The number of thiazole rings is 1. The Morgan fingerprint density at radius 1 is 1.30 bits per heavy atom. The lowest BCUT2D eigenvalue weighted by molar-refractivity contribution is -0.143. The molecule has 1 saturated carbocycles. The smallest absolute Gasteiger partial charge is 0.258 e. The minimum absolute atomic E-state index is 0.0303. The number of likely N-dealkylation sites (tertiary alicyclic amines) is 1. The molecule has 11 heteroatoms. The van der Waals surface area contributed by atoms with Crippen molar-refractivity contribution in [3.63, 3.8) is 0 Å². The second-order valence-electron chi connectivity index (χ2n) is 10.3. The highest BCUT2D eigenvalue weighted by atomic mass is 32.2. The van der Waals surface area contributed by atoms with Crippen LogP contribution in [-0.4, -0.2) is 74.1 Å². The number of aryl methyl sites for hydroxylation is 1. The molecule has 8 nitrogen and oxygen atoms in total. The Balaban J connectivity index is 1.43. The Bertz CT molecular complexity index is 1170. The van der Waals surface area contributed by atoms with Gasteiger partial charge < -0.3 is 20.6 Å². The third-order valence-electron chi connectivity index (χ3n) is 7.13. The van der Waals surface area contributed by atoms with Crippen LogP contribution in [0.15, 0.2) is 29.8 Å². The molecule has 4 rings (SSSR count). The lowest BCUT2D eigenvalue weighted by Crippen LogP contribution is -2.60. The summed E-state index contributed by atoms with van der Waals surface area (Å²) in [4.78, 5) is 45.9. The number of nitrogens with zero attached hydrogens (tertiary/aromatic N) is 2. The van der Waals surface area contributed by atoms with Crippen molar-refractivity contribution in [3.05, 3.63) is 41.0 Å². The van der Waals surface area contributed by atoms with E-state index >= 15 is 0 Å². The molecule has 0 unspecified atom stereocenters. The molecule has 3 atom stereocenters. The summed E-state index contributed by atoms with van der Waals surface area (Å²) in [7, 11) is 0. The highest BCUT2D eigenvalue weighted by Gasteiger charge is 2.53. The molecule has 1 aliphatic heterocycles. The van der Waals surface area contributed by atoms with E-state index in [2.05, 4.69) is 15.6 Å². The lowest BCUT2D eigenvalue weighted by Gasteiger charge is -2.36. The number of β-amino-alcohol motifs (C(OH)–C–C–N with tert-alkyl or cyclic N) is 1. The average molecular weight is 549 g/mol. The maximum Gasteiger partial charge on any atom is 0.258 e. The van der Waals surface area contributed by atoms with E-state index in [1.54, 1.807) is 37.0 Å². The SMILES string of the molecule is CSC(C)(C)[C@H](NC(=O)C1(F)CC1)C(=O)N1C[C@H](O)C[C@H]1C(=O)NCc1ccc(-c2scnc2C)cc1. The van der Waals surface area contributed by atoms with Crippen molar-refractivity contribution in [3.8, 4) is 10.4 Å². The summed E-state index contributed by atoms with van der Waals surface area (Å²) in [6.07, 6.45) is 1.30. The Hall–Kier alpha value is -2.50. The number of aliphatic hydroxyl groups is 1. The van der Waals surface area contributed by atoms with Gasteiger partial charge in [0.25, 0.3) is 5.91 Å². The van der Waals surface area contributed by atoms with E-state index in [9.17, 15) is 23.9 Å². The van der Waals surface area contributed by atoms with Gasteiger partial charge in [-0.25, -0.2) is 9.37 Å². The topological polar surface area (TPSA) is 112 Å². The molecular weight excluding hydrogens is 515 g/mol. The molecular formula is C26H33FN4O4S2. The van der Waals surface area contributed by atoms with Crippen molar-refractivity contribution < 1.29 is 23.9 Å². The highest BCUT2D eigenvalue weighted by Crippen LogP contribution is 2.40. The predicted molar refractivity (Wildman–Crippen MR) is 143 cm³/mol. The van der Waals surface area contributed by atoms with Gasteiger partial charge in [0.05, 0.1) is 22.2 Å². The largest absolute Gasteiger partial charge is 0.391 e. The summed E-state index contributed by atoms with van der Waals surface area (Å²) in [6.45, 7) is 5.77. The minimum atomic E-state index is -1.93. The molecule has 3 N–H and O–H groups in total. The summed E-state index contributed by atoms with van der Waals surface area (Å²) in [6, 6.07) is 5.88. The molecule has 200 valence electrons. The monoisotopic (exact) mass is 548 g/mol. The van der Waals surface area contributed by atoms with Gasteiger partial charge in [0.15, 0.2) is 5.67 Å². The standard InChI is InChI=1S/C26H33FN4O4S2/c1-15-20(37-14-29-15)17-7-5-16(6-8-17)12-28-22(33)19-11-18(32)13-31(19)23(34)21(25(2,3)36-4)30-24(35)26(27)9-10-26/h5-8,14,18-19,21,32H,9-13H2,1-4H3,(H,28,33)(H,30,35)/t18-,19+,21-/m1/s1. The van der Waals surface area contributed by atoms with Crippen molar-refractivity contribution in [1.82, 2.24) is 20.5 Å². The maximum absolute atomic E-state index is 14.4. The number of aromatic nitrogens is 1. The third kappa shape index (κ3) is 5.99. The number of hydrogen-bond acceptors (Lipinski definition) is 7. The number of aliphatic hydroxyl groups excluding tert-OH is 1. The molecule has 1 saturated heterocycles. The number of carbonyl (C=O) groups excluding carboxylic acids is 3. The van der Waals surface area contributed by atoms with E-state index in [0.29, 0.717) is 0 Å². The van der Waals surface area contributed by atoms with Crippen LogP contribution in [0.4, 0.5) is 4.39 Å². The van der Waals surface area contributed by atoms with Crippen LogP contribution in [0.1, 0.15) is 44.4 Å². The summed E-state index contributed by atoms with van der Waals surface area (Å²) < 4.78 is 13.6. The number of carbonyl (C=O) groups is 3. The number of amides is 3. The quantitative estimate of drug-likeness (QED) is 0.445. The molecule has 2 aliphatic rings. The van der Waals surface area contributed by atoms with Crippen molar-refractivity contribution >= 4 is 40.8 Å².